The molecule has 4 aromatic rings. The highest BCUT2D eigenvalue weighted by Crippen LogP contribution is 2.46. The lowest BCUT2D eigenvalue weighted by molar-refractivity contribution is 0.390. The van der Waals surface area contributed by atoms with Gasteiger partial charge in [-0.25, -0.2) is 4.99 Å². The predicted octanol–water partition coefficient (Wildman–Crippen LogP) is 5.82. The van der Waals surface area contributed by atoms with Crippen molar-refractivity contribution in [3.8, 4) is 17.6 Å². The van der Waals surface area contributed by atoms with Gasteiger partial charge < -0.3 is 13.9 Å². The second kappa shape index (κ2) is 7.85. The predicted molar refractivity (Wildman–Crippen MR) is 118 cm³/mol. The highest BCUT2D eigenvalue weighted by atomic mass is 16.5. The Hall–Kier alpha value is -4.30. The number of methoxy groups -OCH3 is 1. The third-order valence-electron chi connectivity index (χ3n) is 5.33. The first-order valence-corrected chi connectivity index (χ1v) is 9.84. The molecule has 1 aromatic heterocycles. The summed E-state index contributed by atoms with van der Waals surface area (Å²) in [6.07, 6.45) is 3.29. The maximum atomic E-state index is 10.0. The fourth-order valence-corrected chi connectivity index (χ4v) is 3.81. The Bertz CT molecular complexity index is 1340. The van der Waals surface area contributed by atoms with Gasteiger partial charge in [0.05, 0.1) is 19.3 Å². The Morgan fingerprint density at radius 1 is 1.00 bits per heavy atom. The number of hydrogen-bond acceptors (Lipinski definition) is 5. The average molecular weight is 406 g/mol. The molecule has 31 heavy (non-hydrogen) atoms. The molecule has 5 rings (SSSR count). The molecule has 0 spiro atoms. The lowest BCUT2D eigenvalue weighted by Gasteiger charge is -2.26. The van der Waals surface area contributed by atoms with E-state index in [1.54, 1.807) is 19.6 Å². The third-order valence-corrected chi connectivity index (χ3v) is 5.33. The summed E-state index contributed by atoms with van der Waals surface area (Å²) in [6, 6.07) is 25.5. The Labute approximate surface area is 179 Å². The molecule has 0 amide bonds. The molecule has 1 aliphatic rings. The molecule has 0 saturated carbocycles. The minimum atomic E-state index is -0.392. The second-order valence-electron chi connectivity index (χ2n) is 7.12. The van der Waals surface area contributed by atoms with Gasteiger partial charge in [-0.05, 0) is 47.3 Å². The SMILES string of the molecule is COc1ccc(/C=N/C2=C(C#N)C(c3ccco3)c3ccc4ccccc4c3O2)cc1. The molecule has 0 fully saturated rings. The third kappa shape index (κ3) is 3.34. The van der Waals surface area contributed by atoms with Gasteiger partial charge in [-0.3, -0.25) is 0 Å². The van der Waals surface area contributed by atoms with Crippen LogP contribution in [0.15, 0.2) is 99.9 Å². The quantitative estimate of drug-likeness (QED) is 0.401. The Morgan fingerprint density at radius 3 is 2.58 bits per heavy atom. The molecular formula is C26H18N2O3. The fraction of sp³-hybridized carbons (Fsp3) is 0.0769. The minimum absolute atomic E-state index is 0.267. The number of rotatable bonds is 4. The van der Waals surface area contributed by atoms with Gasteiger partial charge in [0.1, 0.15) is 28.9 Å². The monoisotopic (exact) mass is 406 g/mol. The Morgan fingerprint density at radius 2 is 1.84 bits per heavy atom. The van der Waals surface area contributed by atoms with Crippen LogP contribution in [0.4, 0.5) is 0 Å². The van der Waals surface area contributed by atoms with Crippen molar-refractivity contribution in [1.29, 1.82) is 5.26 Å². The summed E-state index contributed by atoms with van der Waals surface area (Å²) in [6.45, 7) is 0. The standard InChI is InChI=1S/C26H18N2O3/c1-29-19-11-8-17(9-12-19)16-28-26-22(15-27)24(23-7-4-14-30-23)21-13-10-18-5-2-3-6-20(18)25(21)31-26/h2-14,16,24H,1H3/b28-16+. The summed E-state index contributed by atoms with van der Waals surface area (Å²) in [4.78, 5) is 4.55. The molecule has 1 atom stereocenters. The van der Waals surface area contributed by atoms with Crippen LogP contribution in [0.1, 0.15) is 22.8 Å². The van der Waals surface area contributed by atoms with Crippen molar-refractivity contribution in [3.05, 3.63) is 107 Å². The van der Waals surface area contributed by atoms with Gasteiger partial charge in [0.2, 0.25) is 5.88 Å². The highest BCUT2D eigenvalue weighted by Gasteiger charge is 2.34. The van der Waals surface area contributed by atoms with Gasteiger partial charge in [0.15, 0.2) is 0 Å². The average Bonchev–Trinajstić information content (AvgIpc) is 3.36. The van der Waals surface area contributed by atoms with Crippen molar-refractivity contribution in [1.82, 2.24) is 0 Å². The van der Waals surface area contributed by atoms with Crippen LogP contribution in [-0.4, -0.2) is 13.3 Å². The van der Waals surface area contributed by atoms with Gasteiger partial charge in [-0.15, -0.1) is 0 Å². The molecular weight excluding hydrogens is 388 g/mol. The van der Waals surface area contributed by atoms with Crippen LogP contribution >= 0.6 is 0 Å². The summed E-state index contributed by atoms with van der Waals surface area (Å²) in [5.41, 5.74) is 2.16. The number of furan rings is 1. The molecule has 5 nitrogen and oxygen atoms in total. The molecule has 1 unspecified atom stereocenters. The molecule has 0 saturated heterocycles. The van der Waals surface area contributed by atoms with Crippen molar-refractivity contribution in [2.45, 2.75) is 5.92 Å². The van der Waals surface area contributed by atoms with Crippen LogP contribution in [0.25, 0.3) is 10.8 Å². The van der Waals surface area contributed by atoms with E-state index in [-0.39, 0.29) is 5.88 Å². The van der Waals surface area contributed by atoms with Crippen molar-refractivity contribution in [3.63, 3.8) is 0 Å². The molecule has 0 radical (unpaired) electrons. The van der Waals surface area contributed by atoms with Gasteiger partial charge in [-0.1, -0.05) is 36.4 Å². The number of ether oxygens (including phenoxy) is 2. The summed E-state index contributed by atoms with van der Waals surface area (Å²) in [7, 11) is 1.62. The number of benzene rings is 3. The number of fused-ring (bicyclic) bond motifs is 3. The first kappa shape index (κ1) is 18.7. The molecule has 3 aromatic carbocycles. The van der Waals surface area contributed by atoms with E-state index in [1.807, 2.05) is 72.8 Å². The zero-order valence-corrected chi connectivity index (χ0v) is 16.8. The minimum Gasteiger partial charge on any atom is -0.497 e. The van der Waals surface area contributed by atoms with E-state index in [0.29, 0.717) is 17.1 Å². The highest BCUT2D eigenvalue weighted by molar-refractivity contribution is 5.91. The molecule has 0 bridgehead atoms. The van der Waals surface area contributed by atoms with Crippen LogP contribution in [0, 0.1) is 11.3 Å². The summed E-state index contributed by atoms with van der Waals surface area (Å²) in [5.74, 6) is 2.01. The summed E-state index contributed by atoms with van der Waals surface area (Å²) in [5, 5.41) is 12.0. The van der Waals surface area contributed by atoms with Gasteiger partial charge in [0.25, 0.3) is 0 Å². The summed E-state index contributed by atoms with van der Waals surface area (Å²) >= 11 is 0. The largest absolute Gasteiger partial charge is 0.497 e. The van der Waals surface area contributed by atoms with Crippen LogP contribution < -0.4 is 9.47 Å². The summed E-state index contributed by atoms with van der Waals surface area (Å²) < 4.78 is 17.1. The zero-order valence-electron chi connectivity index (χ0n) is 16.8. The topological polar surface area (TPSA) is 67.8 Å². The van der Waals surface area contributed by atoms with Gasteiger partial charge in [-0.2, -0.15) is 5.26 Å². The van der Waals surface area contributed by atoms with Crippen LogP contribution in [0.5, 0.6) is 11.5 Å². The van der Waals surface area contributed by atoms with Crippen molar-refractivity contribution in [2.75, 3.05) is 7.11 Å². The molecule has 2 heterocycles. The van der Waals surface area contributed by atoms with Crippen molar-refractivity contribution in [2.24, 2.45) is 4.99 Å². The maximum absolute atomic E-state index is 10.0. The smallest absolute Gasteiger partial charge is 0.234 e. The molecule has 150 valence electrons. The fourth-order valence-electron chi connectivity index (χ4n) is 3.81. The number of nitrogens with zero attached hydrogens (tertiary/aromatic N) is 2. The van der Waals surface area contributed by atoms with E-state index >= 15 is 0 Å². The number of aliphatic imine (C=N–C) groups is 1. The molecule has 1 aliphatic heterocycles. The van der Waals surface area contributed by atoms with Crippen LogP contribution in [-0.2, 0) is 0 Å². The number of nitriles is 1. The van der Waals surface area contributed by atoms with Crippen molar-refractivity contribution < 1.29 is 13.9 Å². The normalized spacial score (nSPS) is 15.5. The van der Waals surface area contributed by atoms with Crippen LogP contribution in [0.2, 0.25) is 0 Å². The van der Waals surface area contributed by atoms with Gasteiger partial charge >= 0.3 is 0 Å². The zero-order chi connectivity index (χ0) is 21.2. The van der Waals surface area contributed by atoms with E-state index in [1.165, 1.54) is 0 Å². The number of allylic oxidation sites excluding steroid dienone is 1. The molecule has 0 N–H and O–H groups in total. The molecule has 5 heteroatoms. The first-order chi connectivity index (χ1) is 15.3. The van der Waals surface area contributed by atoms with Gasteiger partial charge in [0, 0.05) is 17.2 Å². The van der Waals surface area contributed by atoms with Crippen molar-refractivity contribution >= 4 is 17.0 Å². The second-order valence-corrected chi connectivity index (χ2v) is 7.12. The maximum Gasteiger partial charge on any atom is 0.234 e. The Kier molecular flexibility index (Phi) is 4.74. The number of hydrogen-bond donors (Lipinski definition) is 0. The lowest BCUT2D eigenvalue weighted by Crippen LogP contribution is -2.15. The van der Waals surface area contributed by atoms with E-state index < -0.39 is 5.92 Å². The first-order valence-electron chi connectivity index (χ1n) is 9.84. The Balaban J connectivity index is 1.65. The van der Waals surface area contributed by atoms with E-state index in [2.05, 4.69) is 11.1 Å². The van der Waals surface area contributed by atoms with E-state index in [9.17, 15) is 5.26 Å². The van der Waals surface area contributed by atoms with E-state index in [4.69, 9.17) is 13.9 Å². The van der Waals surface area contributed by atoms with E-state index in [0.717, 1.165) is 27.6 Å². The molecule has 0 aliphatic carbocycles. The van der Waals surface area contributed by atoms with Crippen LogP contribution in [0.3, 0.4) is 0 Å². The lowest BCUT2D eigenvalue weighted by atomic mass is 9.86.